The highest BCUT2D eigenvalue weighted by atomic mass is 16.6. The van der Waals surface area contributed by atoms with Gasteiger partial charge in [0.05, 0.1) is 12.7 Å². The van der Waals surface area contributed by atoms with Gasteiger partial charge in [-0.1, -0.05) is 24.3 Å². The number of ether oxygens (including phenoxy) is 2. The summed E-state index contributed by atoms with van der Waals surface area (Å²) in [6, 6.07) is 13.2. The topological polar surface area (TPSA) is 55.8 Å². The maximum atomic E-state index is 11.8. The summed E-state index contributed by atoms with van der Waals surface area (Å²) in [6.45, 7) is 0. The van der Waals surface area contributed by atoms with E-state index in [9.17, 15) is 9.90 Å². The van der Waals surface area contributed by atoms with Crippen molar-refractivity contribution in [3.05, 3.63) is 54.1 Å². The van der Waals surface area contributed by atoms with Crippen LogP contribution in [-0.4, -0.2) is 18.2 Å². The van der Waals surface area contributed by atoms with Crippen molar-refractivity contribution in [3.63, 3.8) is 0 Å². The van der Waals surface area contributed by atoms with Gasteiger partial charge in [0.2, 0.25) is 5.75 Å². The summed E-state index contributed by atoms with van der Waals surface area (Å²) in [5, 5.41) is 9.56. The molecule has 2 aromatic carbocycles. The average Bonchev–Trinajstić information content (AvgIpc) is 2.40. The molecule has 2 rings (SSSR count). The molecule has 4 nitrogen and oxygen atoms in total. The van der Waals surface area contributed by atoms with Gasteiger partial charge in [0.1, 0.15) is 0 Å². The molecular formula is C14H12O4. The molecule has 0 radical (unpaired) electrons. The van der Waals surface area contributed by atoms with Crippen molar-refractivity contribution in [3.8, 4) is 17.2 Å². The lowest BCUT2D eigenvalue weighted by Gasteiger charge is -2.10. The van der Waals surface area contributed by atoms with Crippen molar-refractivity contribution in [2.24, 2.45) is 0 Å². The van der Waals surface area contributed by atoms with Gasteiger partial charge in [-0.15, -0.1) is 0 Å². The first-order valence-corrected chi connectivity index (χ1v) is 5.35. The summed E-state index contributed by atoms with van der Waals surface area (Å²) in [5.74, 6) is -0.247. The zero-order valence-electron chi connectivity index (χ0n) is 9.79. The third kappa shape index (κ3) is 2.43. The van der Waals surface area contributed by atoms with Crippen LogP contribution in [0.4, 0.5) is 0 Å². The van der Waals surface area contributed by atoms with E-state index >= 15 is 0 Å². The second kappa shape index (κ2) is 5.23. The van der Waals surface area contributed by atoms with Gasteiger partial charge in [-0.05, 0) is 24.3 Å². The molecule has 92 valence electrons. The van der Waals surface area contributed by atoms with Crippen LogP contribution in [0, 0.1) is 0 Å². The third-order valence-electron chi connectivity index (χ3n) is 2.37. The lowest BCUT2D eigenvalue weighted by Crippen LogP contribution is -2.08. The van der Waals surface area contributed by atoms with E-state index < -0.39 is 5.97 Å². The molecule has 0 bridgehead atoms. The number of carbonyl (C=O) groups is 1. The van der Waals surface area contributed by atoms with Crippen LogP contribution >= 0.6 is 0 Å². The minimum absolute atomic E-state index is 0.0733. The molecule has 2 aromatic rings. The summed E-state index contributed by atoms with van der Waals surface area (Å²) in [5.41, 5.74) is 0.433. The van der Waals surface area contributed by atoms with Gasteiger partial charge in [-0.3, -0.25) is 0 Å². The normalized spacial score (nSPS) is 9.83. The molecule has 0 spiro atoms. The first-order chi connectivity index (χ1) is 8.72. The monoisotopic (exact) mass is 244 g/mol. The number of aromatic hydroxyl groups is 1. The fraction of sp³-hybridized carbons (Fsp3) is 0.0714. The number of carbonyl (C=O) groups excluding carboxylic acids is 1. The minimum atomic E-state index is -0.500. The second-order valence-electron chi connectivity index (χ2n) is 3.56. The largest absolute Gasteiger partial charge is 0.504 e. The van der Waals surface area contributed by atoms with Gasteiger partial charge in [-0.25, -0.2) is 4.79 Å². The number of benzene rings is 2. The standard InChI is InChI=1S/C14H12O4/c1-17-13-11(15)8-5-9-12(13)18-14(16)10-6-3-2-4-7-10/h2-9,15H,1H3. The lowest BCUT2D eigenvalue weighted by atomic mass is 10.2. The molecule has 0 heterocycles. The molecule has 0 fully saturated rings. The molecule has 0 aliphatic carbocycles. The molecule has 1 N–H and O–H groups in total. The van der Waals surface area contributed by atoms with Crippen molar-refractivity contribution >= 4 is 5.97 Å². The SMILES string of the molecule is COc1c(O)cccc1OC(=O)c1ccccc1. The number of esters is 1. The molecule has 0 amide bonds. The Morgan fingerprint density at radius 2 is 1.78 bits per heavy atom. The minimum Gasteiger partial charge on any atom is -0.504 e. The van der Waals surface area contributed by atoms with Gasteiger partial charge >= 0.3 is 5.97 Å². The molecule has 0 aliphatic heterocycles. The summed E-state index contributed by atoms with van der Waals surface area (Å²) in [4.78, 5) is 11.8. The van der Waals surface area contributed by atoms with Crippen molar-refractivity contribution in [1.29, 1.82) is 0 Å². The molecule has 0 saturated heterocycles. The highest BCUT2D eigenvalue weighted by Gasteiger charge is 2.14. The van der Waals surface area contributed by atoms with Crippen molar-refractivity contribution in [1.82, 2.24) is 0 Å². The van der Waals surface area contributed by atoms with Crippen molar-refractivity contribution < 1.29 is 19.4 Å². The number of rotatable bonds is 3. The van der Waals surface area contributed by atoms with Gasteiger partial charge in [0.25, 0.3) is 0 Å². The fourth-order valence-electron chi connectivity index (χ4n) is 1.52. The lowest BCUT2D eigenvalue weighted by molar-refractivity contribution is 0.0729. The van der Waals surface area contributed by atoms with Crippen LogP contribution in [0.5, 0.6) is 17.2 Å². The van der Waals surface area contributed by atoms with Crippen LogP contribution in [0.2, 0.25) is 0 Å². The van der Waals surface area contributed by atoms with Crippen LogP contribution in [0.15, 0.2) is 48.5 Å². The fourth-order valence-corrected chi connectivity index (χ4v) is 1.52. The summed E-state index contributed by atoms with van der Waals surface area (Å²) in [7, 11) is 1.40. The molecular weight excluding hydrogens is 232 g/mol. The average molecular weight is 244 g/mol. The Balaban J connectivity index is 2.25. The summed E-state index contributed by atoms with van der Waals surface area (Å²) < 4.78 is 10.2. The van der Waals surface area contributed by atoms with Crippen molar-refractivity contribution in [2.75, 3.05) is 7.11 Å². The number of hydrogen-bond donors (Lipinski definition) is 1. The molecule has 0 saturated carbocycles. The Bertz CT molecular complexity index is 549. The number of methoxy groups -OCH3 is 1. The van der Waals surface area contributed by atoms with Crippen LogP contribution in [0.1, 0.15) is 10.4 Å². The van der Waals surface area contributed by atoms with E-state index in [0.717, 1.165) is 0 Å². The Kier molecular flexibility index (Phi) is 3.48. The quantitative estimate of drug-likeness (QED) is 0.666. The molecule has 0 aromatic heterocycles. The van der Waals surface area contributed by atoms with E-state index in [4.69, 9.17) is 9.47 Å². The van der Waals surface area contributed by atoms with E-state index in [0.29, 0.717) is 5.56 Å². The first kappa shape index (κ1) is 12.0. The Hall–Kier alpha value is -2.49. The van der Waals surface area contributed by atoms with Gasteiger partial charge in [0.15, 0.2) is 11.5 Å². The Morgan fingerprint density at radius 1 is 1.06 bits per heavy atom. The van der Waals surface area contributed by atoms with Gasteiger partial charge in [-0.2, -0.15) is 0 Å². The molecule has 4 heteroatoms. The summed E-state index contributed by atoms with van der Waals surface area (Å²) in [6.07, 6.45) is 0. The van der Waals surface area contributed by atoms with E-state index in [1.807, 2.05) is 6.07 Å². The van der Waals surface area contributed by atoms with Crippen LogP contribution in [0.3, 0.4) is 0 Å². The zero-order chi connectivity index (χ0) is 13.0. The molecule has 0 aliphatic rings. The number of para-hydroxylation sites is 1. The second-order valence-corrected chi connectivity index (χ2v) is 3.56. The van der Waals surface area contributed by atoms with E-state index in [2.05, 4.69) is 0 Å². The maximum Gasteiger partial charge on any atom is 0.343 e. The number of phenolic OH excluding ortho intramolecular Hbond substituents is 1. The maximum absolute atomic E-state index is 11.8. The van der Waals surface area contributed by atoms with Gasteiger partial charge < -0.3 is 14.6 Å². The van der Waals surface area contributed by atoms with Crippen LogP contribution in [-0.2, 0) is 0 Å². The smallest absolute Gasteiger partial charge is 0.343 e. The van der Waals surface area contributed by atoms with E-state index in [1.54, 1.807) is 36.4 Å². The zero-order valence-corrected chi connectivity index (χ0v) is 9.79. The summed E-state index contributed by atoms with van der Waals surface area (Å²) >= 11 is 0. The van der Waals surface area contributed by atoms with Crippen LogP contribution in [0.25, 0.3) is 0 Å². The van der Waals surface area contributed by atoms with Crippen LogP contribution < -0.4 is 9.47 Å². The highest BCUT2D eigenvalue weighted by Crippen LogP contribution is 2.36. The van der Waals surface area contributed by atoms with Crippen molar-refractivity contribution in [2.45, 2.75) is 0 Å². The molecule has 18 heavy (non-hydrogen) atoms. The predicted molar refractivity (Wildman–Crippen MR) is 66.1 cm³/mol. The predicted octanol–water partition coefficient (Wildman–Crippen LogP) is 2.62. The Morgan fingerprint density at radius 3 is 2.44 bits per heavy atom. The molecule has 0 unspecified atom stereocenters. The van der Waals surface area contributed by atoms with E-state index in [1.165, 1.54) is 13.2 Å². The first-order valence-electron chi connectivity index (χ1n) is 5.35. The number of phenols is 1. The molecule has 0 atom stereocenters. The van der Waals surface area contributed by atoms with Gasteiger partial charge in [0, 0.05) is 0 Å². The number of hydrogen-bond acceptors (Lipinski definition) is 4. The highest BCUT2D eigenvalue weighted by molar-refractivity contribution is 5.91. The van der Waals surface area contributed by atoms with E-state index in [-0.39, 0.29) is 17.2 Å². The Labute approximate surface area is 104 Å². The third-order valence-corrected chi connectivity index (χ3v) is 2.37.